The maximum absolute atomic E-state index is 12.5. The first-order valence-corrected chi connectivity index (χ1v) is 9.74. The summed E-state index contributed by atoms with van der Waals surface area (Å²) in [6.07, 6.45) is 0.818. The molecule has 0 aliphatic rings. The molecule has 22 heavy (non-hydrogen) atoms. The van der Waals surface area contributed by atoms with E-state index in [9.17, 15) is 9.46 Å². The summed E-state index contributed by atoms with van der Waals surface area (Å²) in [5.41, 5.74) is -0.378. The van der Waals surface area contributed by atoms with Gasteiger partial charge in [0.05, 0.1) is 0 Å². The summed E-state index contributed by atoms with van der Waals surface area (Å²) in [7, 11) is -2.57. The van der Waals surface area contributed by atoms with Crippen molar-refractivity contribution in [1.29, 1.82) is 0 Å². The topological polar surface area (TPSA) is 125 Å². The molecule has 0 spiro atoms. The van der Waals surface area contributed by atoms with E-state index < -0.39 is 15.5 Å². The van der Waals surface area contributed by atoms with Crippen LogP contribution in [0.5, 0.6) is 0 Å². The monoisotopic (exact) mass is 356 g/mol. The number of hydrogen-bond acceptors (Lipinski definition) is 10. The van der Waals surface area contributed by atoms with Gasteiger partial charge in [0.1, 0.15) is 0 Å². The van der Waals surface area contributed by atoms with Crippen molar-refractivity contribution in [2.45, 2.75) is 13.3 Å². The molecule has 0 aliphatic heterocycles. The molecule has 0 aliphatic carbocycles. The van der Waals surface area contributed by atoms with Crippen molar-refractivity contribution in [1.82, 2.24) is 15.0 Å². The van der Waals surface area contributed by atoms with Crippen molar-refractivity contribution in [3.05, 3.63) is 0 Å². The molecule has 1 heterocycles. The van der Waals surface area contributed by atoms with Crippen molar-refractivity contribution in [3.63, 3.8) is 0 Å². The molecule has 0 amide bonds. The van der Waals surface area contributed by atoms with Gasteiger partial charge in [-0.25, -0.2) is 0 Å². The van der Waals surface area contributed by atoms with Crippen molar-refractivity contribution in [2.75, 3.05) is 40.3 Å². The Morgan fingerprint density at radius 1 is 1.14 bits per heavy atom. The summed E-state index contributed by atoms with van der Waals surface area (Å²) in [6, 6.07) is 0. The van der Waals surface area contributed by atoms with Crippen LogP contribution in [0.4, 0.5) is 5.95 Å². The number of hydrogen-bond donors (Lipinski definition) is 2. The van der Waals surface area contributed by atoms with E-state index in [4.69, 9.17) is 18.1 Å². The predicted octanol–water partition coefficient (Wildman–Crippen LogP) is 0.210. The van der Waals surface area contributed by atoms with Crippen LogP contribution in [0.15, 0.2) is 0 Å². The van der Waals surface area contributed by atoms with Crippen LogP contribution in [0.3, 0.4) is 0 Å². The summed E-state index contributed by atoms with van der Waals surface area (Å²) in [4.78, 5) is 22.4. The zero-order chi connectivity index (χ0) is 16.8. The van der Waals surface area contributed by atoms with Crippen LogP contribution in [0.25, 0.3) is 0 Å². The SMILES string of the molecule is CCCNc1nc(P(=O)(OC)OC)nc([PH](O)(OC)OC)n1. The van der Waals surface area contributed by atoms with Gasteiger partial charge in [0.2, 0.25) is 0 Å². The van der Waals surface area contributed by atoms with Gasteiger partial charge in [-0.05, 0) is 0 Å². The first-order valence-electron chi connectivity index (χ1n) is 6.44. The molecule has 0 unspecified atom stereocenters. The Balaban J connectivity index is 3.42. The minimum atomic E-state index is -3.81. The Bertz CT molecular complexity index is 534. The Morgan fingerprint density at radius 3 is 2.18 bits per heavy atom. The summed E-state index contributed by atoms with van der Waals surface area (Å²) < 4.78 is 32.2. The molecule has 0 radical (unpaired) electrons. The second-order valence-electron chi connectivity index (χ2n) is 4.06. The molecule has 12 heteroatoms. The quantitative estimate of drug-likeness (QED) is 0.593. The van der Waals surface area contributed by atoms with Crippen LogP contribution in [0, 0.1) is 0 Å². The van der Waals surface area contributed by atoms with Crippen molar-refractivity contribution in [3.8, 4) is 0 Å². The van der Waals surface area contributed by atoms with Crippen molar-refractivity contribution in [2.24, 2.45) is 0 Å². The standard InChI is InChI=1S/C10H22N4O6P2/c1-6-7-11-8-12-9(21(15,17-2)18-3)14-10(13-8)22(16,19-4)20-5/h15,21H,6-7H2,1-5H3,(H,11,12,13,14). The number of aromatic nitrogens is 3. The van der Waals surface area contributed by atoms with E-state index in [0.717, 1.165) is 6.42 Å². The first-order chi connectivity index (χ1) is 10.4. The van der Waals surface area contributed by atoms with E-state index in [0.29, 0.717) is 6.54 Å². The fourth-order valence-corrected chi connectivity index (χ4v) is 3.48. The molecule has 0 aromatic carbocycles. The van der Waals surface area contributed by atoms with Crippen LogP contribution in [0.2, 0.25) is 0 Å². The average molecular weight is 356 g/mol. The van der Waals surface area contributed by atoms with Gasteiger partial charge in [0.25, 0.3) is 0 Å². The number of anilines is 1. The van der Waals surface area contributed by atoms with Gasteiger partial charge in [-0.15, -0.1) is 0 Å². The molecule has 0 saturated heterocycles. The zero-order valence-electron chi connectivity index (χ0n) is 13.2. The molecule has 10 nitrogen and oxygen atoms in total. The summed E-state index contributed by atoms with van der Waals surface area (Å²) >= 11 is 0. The molecule has 1 aromatic heterocycles. The maximum atomic E-state index is 12.5. The number of rotatable bonds is 9. The fraction of sp³-hybridized carbons (Fsp3) is 0.700. The van der Waals surface area contributed by atoms with E-state index in [2.05, 4.69) is 20.3 Å². The molecule has 128 valence electrons. The minimum absolute atomic E-state index is 0.121. The second-order valence-corrected chi connectivity index (χ2v) is 8.61. The van der Waals surface area contributed by atoms with Gasteiger partial charge < -0.3 is 0 Å². The second kappa shape index (κ2) is 8.21. The fourth-order valence-electron chi connectivity index (χ4n) is 1.45. The third-order valence-electron chi connectivity index (χ3n) is 2.72. The Hall–Kier alpha value is -0.730. The van der Waals surface area contributed by atoms with Crippen molar-refractivity contribution >= 4 is 32.6 Å². The zero-order valence-corrected chi connectivity index (χ0v) is 15.1. The van der Waals surface area contributed by atoms with E-state index in [1.54, 1.807) is 0 Å². The van der Waals surface area contributed by atoms with Gasteiger partial charge >= 0.3 is 129 Å². The van der Waals surface area contributed by atoms with E-state index in [1.165, 1.54) is 28.4 Å². The number of nitrogens with zero attached hydrogens (tertiary/aromatic N) is 3. The summed E-state index contributed by atoms with van der Waals surface area (Å²) in [6.45, 7) is 2.54. The van der Waals surface area contributed by atoms with E-state index in [-0.39, 0.29) is 17.1 Å². The molecule has 1 rings (SSSR count). The van der Waals surface area contributed by atoms with Gasteiger partial charge in [-0.1, -0.05) is 0 Å². The Morgan fingerprint density at radius 2 is 1.73 bits per heavy atom. The Kier molecular flexibility index (Phi) is 7.21. The first kappa shape index (κ1) is 19.3. The van der Waals surface area contributed by atoms with Gasteiger partial charge in [0.15, 0.2) is 0 Å². The van der Waals surface area contributed by atoms with E-state index in [1.807, 2.05) is 6.92 Å². The van der Waals surface area contributed by atoms with E-state index >= 15 is 0 Å². The third kappa shape index (κ3) is 4.17. The molecule has 0 fully saturated rings. The molecule has 0 atom stereocenters. The summed E-state index contributed by atoms with van der Waals surface area (Å²) in [5.74, 6) is 0.121. The van der Waals surface area contributed by atoms with Crippen LogP contribution in [-0.4, -0.2) is 54.8 Å². The number of nitrogens with one attached hydrogen (secondary N) is 1. The van der Waals surface area contributed by atoms with Crippen LogP contribution >= 0.6 is 15.5 Å². The molecular weight excluding hydrogens is 334 g/mol. The average Bonchev–Trinajstić information content (AvgIpc) is 2.58. The van der Waals surface area contributed by atoms with Crippen LogP contribution < -0.4 is 16.4 Å². The van der Waals surface area contributed by atoms with Crippen molar-refractivity contribution < 1.29 is 27.6 Å². The molecule has 1 aromatic rings. The van der Waals surface area contributed by atoms with Gasteiger partial charge in [0, 0.05) is 0 Å². The predicted molar refractivity (Wildman–Crippen MR) is 84.1 cm³/mol. The summed E-state index contributed by atoms with van der Waals surface area (Å²) in [5, 5.41) is 2.92. The molecule has 2 N–H and O–H groups in total. The van der Waals surface area contributed by atoms with Gasteiger partial charge in [-0.2, -0.15) is 0 Å². The van der Waals surface area contributed by atoms with Crippen LogP contribution in [0.1, 0.15) is 13.3 Å². The van der Waals surface area contributed by atoms with Gasteiger partial charge in [-0.3, -0.25) is 0 Å². The third-order valence-corrected chi connectivity index (χ3v) is 6.27. The molecule has 0 saturated carbocycles. The molecular formula is C10H22N4O6P2. The normalized spacial score (nSPS) is 13.2. The molecule has 0 bridgehead atoms. The van der Waals surface area contributed by atoms with Crippen LogP contribution in [-0.2, 0) is 22.7 Å². The Labute approximate surface area is 129 Å².